The number of hydrogen-bond donors (Lipinski definition) is 0. The van der Waals surface area contributed by atoms with Gasteiger partial charge in [-0.1, -0.05) is 30.3 Å². The Labute approximate surface area is 208 Å². The van der Waals surface area contributed by atoms with Crippen LogP contribution in [0.5, 0.6) is 0 Å². The molecule has 0 aliphatic heterocycles. The van der Waals surface area contributed by atoms with Crippen molar-refractivity contribution in [2.24, 2.45) is 9.98 Å². The summed E-state index contributed by atoms with van der Waals surface area (Å²) in [6, 6.07) is 18.6. The van der Waals surface area contributed by atoms with Crippen molar-refractivity contribution in [1.82, 2.24) is 4.98 Å². The number of aliphatic imine (C=N–C) groups is 2. The third-order valence-corrected chi connectivity index (χ3v) is 4.80. The average Bonchev–Trinajstić information content (AvgIpc) is 2.73. The molecule has 0 N–H and O–H groups in total. The van der Waals surface area contributed by atoms with Crippen LogP contribution in [0.15, 0.2) is 64.6 Å². The Balaban J connectivity index is 0.000000837. The van der Waals surface area contributed by atoms with Crippen molar-refractivity contribution in [2.45, 2.75) is 41.5 Å². The second-order valence-corrected chi connectivity index (χ2v) is 14.5. The molecule has 0 atom stereocenters. The molecular formula is C25H27Cl3N3V. The molecule has 0 saturated carbocycles. The van der Waals surface area contributed by atoms with E-state index in [1.165, 1.54) is 11.1 Å². The minimum atomic E-state index is -1.77. The van der Waals surface area contributed by atoms with Gasteiger partial charge in [-0.05, 0) is 88.1 Å². The van der Waals surface area contributed by atoms with Crippen LogP contribution in [0, 0.1) is 27.7 Å². The Bertz CT molecular complexity index is 1060. The average molecular weight is 527 g/mol. The van der Waals surface area contributed by atoms with Crippen LogP contribution in [0.4, 0.5) is 11.4 Å². The molecule has 0 fully saturated rings. The number of halogens is 3. The Kier molecular flexibility index (Phi) is 10.5. The number of rotatable bonds is 4. The molecule has 2 aromatic carbocycles. The molecule has 0 bridgehead atoms. The van der Waals surface area contributed by atoms with Crippen LogP contribution in [-0.4, -0.2) is 16.4 Å². The van der Waals surface area contributed by atoms with Crippen molar-refractivity contribution >= 4 is 52.3 Å². The fourth-order valence-electron chi connectivity index (χ4n) is 2.99. The van der Waals surface area contributed by atoms with Gasteiger partial charge in [0.2, 0.25) is 0 Å². The Morgan fingerprint density at radius 1 is 0.688 bits per heavy atom. The second-order valence-electron chi connectivity index (χ2n) is 7.57. The van der Waals surface area contributed by atoms with E-state index in [0.717, 1.165) is 45.3 Å². The maximum absolute atomic E-state index is 4.95. The van der Waals surface area contributed by atoms with Gasteiger partial charge in [0.25, 0.3) is 0 Å². The van der Waals surface area contributed by atoms with E-state index in [9.17, 15) is 0 Å². The van der Waals surface area contributed by atoms with Gasteiger partial charge in [-0.15, -0.1) is 0 Å². The second kappa shape index (κ2) is 12.6. The van der Waals surface area contributed by atoms with Gasteiger partial charge in [0.15, 0.2) is 0 Å². The summed E-state index contributed by atoms with van der Waals surface area (Å²) >= 11 is -1.77. The Hall–Kier alpha value is -1.62. The fraction of sp³-hybridized carbons (Fsp3) is 0.240. The summed E-state index contributed by atoms with van der Waals surface area (Å²) in [4.78, 5) is 14.4. The molecule has 168 valence electrons. The zero-order chi connectivity index (χ0) is 23.8. The van der Waals surface area contributed by atoms with Gasteiger partial charge in [-0.2, -0.15) is 0 Å². The maximum atomic E-state index is 4.95. The van der Waals surface area contributed by atoms with Crippen LogP contribution in [0.25, 0.3) is 0 Å². The zero-order valence-corrected chi connectivity index (χ0v) is 22.8. The van der Waals surface area contributed by atoms with Crippen molar-refractivity contribution in [2.75, 3.05) is 0 Å². The van der Waals surface area contributed by atoms with E-state index in [4.69, 9.17) is 44.5 Å². The first-order valence-corrected chi connectivity index (χ1v) is 15.8. The van der Waals surface area contributed by atoms with Crippen LogP contribution in [0.1, 0.15) is 47.5 Å². The van der Waals surface area contributed by atoms with Crippen LogP contribution >= 0.6 is 29.5 Å². The fourth-order valence-corrected chi connectivity index (χ4v) is 2.99. The molecule has 0 unspecified atom stereocenters. The first kappa shape index (κ1) is 26.6. The molecule has 3 rings (SSSR count). The molecule has 3 nitrogen and oxygen atoms in total. The van der Waals surface area contributed by atoms with Gasteiger partial charge >= 0.3 is 41.8 Å². The molecule has 1 aromatic heterocycles. The first-order chi connectivity index (χ1) is 15.1. The number of aromatic nitrogens is 1. The number of aryl methyl sites for hydroxylation is 4. The summed E-state index contributed by atoms with van der Waals surface area (Å²) in [6.07, 6.45) is 0. The van der Waals surface area contributed by atoms with E-state index in [-0.39, 0.29) is 0 Å². The summed E-state index contributed by atoms with van der Waals surface area (Å²) in [6.45, 7) is 12.3. The summed E-state index contributed by atoms with van der Waals surface area (Å²) in [5.41, 5.74) is 10.2. The van der Waals surface area contributed by atoms with E-state index in [1.807, 2.05) is 32.0 Å². The molecule has 0 radical (unpaired) electrons. The molecule has 32 heavy (non-hydrogen) atoms. The molecule has 0 saturated heterocycles. The van der Waals surface area contributed by atoms with E-state index < -0.39 is 12.3 Å². The topological polar surface area (TPSA) is 37.6 Å². The van der Waals surface area contributed by atoms with Crippen LogP contribution < -0.4 is 0 Å². The standard InChI is InChI=1S/C25H27N3.3ClH.V/c1-16-10-12-18(3)24(14-16)26-20(5)22-8-7-9-23(28-22)21(6)27-25-15-17(2)11-13-19(25)4;;;;/h7-15H,1-6H3;3*1H;/q;;;;+3/p-3. The van der Waals surface area contributed by atoms with Gasteiger partial charge in [0.05, 0.1) is 34.2 Å². The number of nitrogens with zero attached hydrogens (tertiary/aromatic N) is 3. The third kappa shape index (κ3) is 8.38. The van der Waals surface area contributed by atoms with E-state index in [2.05, 4.69) is 64.1 Å². The molecule has 0 amide bonds. The molecule has 3 aromatic rings. The predicted octanol–water partition coefficient (Wildman–Crippen LogP) is 8.66. The van der Waals surface area contributed by atoms with Gasteiger partial charge in [0.1, 0.15) is 0 Å². The quantitative estimate of drug-likeness (QED) is 0.313. The number of benzene rings is 2. The summed E-state index contributed by atoms with van der Waals surface area (Å²) < 4.78 is 0. The first-order valence-electron chi connectivity index (χ1n) is 10.1. The zero-order valence-electron chi connectivity index (χ0n) is 19.1. The predicted molar refractivity (Wildman–Crippen MR) is 137 cm³/mol. The normalized spacial score (nSPS) is 11.9. The van der Waals surface area contributed by atoms with Crippen molar-refractivity contribution in [3.63, 3.8) is 0 Å². The summed E-state index contributed by atoms with van der Waals surface area (Å²) in [7, 11) is 14.9. The van der Waals surface area contributed by atoms with Gasteiger partial charge in [-0.25, -0.2) is 4.98 Å². The van der Waals surface area contributed by atoms with Gasteiger partial charge < -0.3 is 0 Å². The number of pyridine rings is 1. The van der Waals surface area contributed by atoms with Crippen molar-refractivity contribution < 1.29 is 12.3 Å². The van der Waals surface area contributed by atoms with E-state index in [1.54, 1.807) is 0 Å². The summed E-state index contributed by atoms with van der Waals surface area (Å²) in [5.74, 6) is 0. The van der Waals surface area contributed by atoms with E-state index in [0.29, 0.717) is 0 Å². The van der Waals surface area contributed by atoms with Crippen molar-refractivity contribution in [1.29, 1.82) is 0 Å². The SMILES string of the molecule is CC(=Nc1cc(C)ccc1C)c1cccc(C(C)=Nc2cc(C)ccc2C)n1.[Cl][V]([Cl])[Cl]. The van der Waals surface area contributed by atoms with Gasteiger partial charge in [0, 0.05) is 0 Å². The Morgan fingerprint density at radius 2 is 1.06 bits per heavy atom. The van der Waals surface area contributed by atoms with Crippen molar-refractivity contribution in [3.8, 4) is 0 Å². The molecule has 0 spiro atoms. The van der Waals surface area contributed by atoms with Crippen LogP contribution in [0.2, 0.25) is 0 Å². The van der Waals surface area contributed by atoms with Crippen molar-refractivity contribution in [3.05, 3.63) is 88.2 Å². The minimum absolute atomic E-state index is 0.869. The van der Waals surface area contributed by atoms with E-state index >= 15 is 0 Å². The van der Waals surface area contributed by atoms with Gasteiger partial charge in [-0.3, -0.25) is 9.98 Å². The molecular weight excluding hydrogens is 500 g/mol. The van der Waals surface area contributed by atoms with Crippen LogP contribution in [0.3, 0.4) is 0 Å². The molecule has 1 heterocycles. The Morgan fingerprint density at radius 3 is 1.44 bits per heavy atom. The monoisotopic (exact) mass is 525 g/mol. The molecule has 0 aliphatic rings. The number of hydrogen-bond acceptors (Lipinski definition) is 3. The van der Waals surface area contributed by atoms with Crippen LogP contribution in [-0.2, 0) is 12.3 Å². The summed E-state index contributed by atoms with van der Waals surface area (Å²) in [5, 5.41) is 0. The third-order valence-electron chi connectivity index (χ3n) is 4.80. The molecule has 7 heteroatoms. The molecule has 0 aliphatic carbocycles.